The molecule has 0 aromatic heterocycles. The van der Waals surface area contributed by atoms with Crippen LogP contribution in [0, 0.1) is 0 Å². The Balaban J connectivity index is -0.000000605. The lowest BCUT2D eigenvalue weighted by Gasteiger charge is -2.05. The summed E-state index contributed by atoms with van der Waals surface area (Å²) in [7, 11) is 0. The van der Waals surface area contributed by atoms with Crippen LogP contribution in [0.25, 0.3) is 0 Å². The molecule has 0 amide bonds. The van der Waals surface area contributed by atoms with E-state index in [1.807, 2.05) is 0 Å². The van der Waals surface area contributed by atoms with Gasteiger partial charge in [0, 0.05) is 13.0 Å². The first kappa shape index (κ1) is 19.9. The number of thiocarbonyl (C=S) groups is 1. The highest BCUT2D eigenvalue weighted by molar-refractivity contribution is 7.80. The van der Waals surface area contributed by atoms with Crippen LogP contribution in [0.5, 0.6) is 0 Å². The van der Waals surface area contributed by atoms with E-state index in [0.717, 1.165) is 25.8 Å². The molecule has 0 aromatic carbocycles. The zero-order valence-corrected chi connectivity index (χ0v) is 10.7. The van der Waals surface area contributed by atoms with Crippen molar-refractivity contribution in [2.24, 2.45) is 11.5 Å². The monoisotopic (exact) mass is 262 g/mol. The van der Waals surface area contributed by atoms with Gasteiger partial charge in [-0.05, 0) is 38.0 Å². The Morgan fingerprint density at radius 3 is 2.14 bits per heavy atom. The van der Waals surface area contributed by atoms with E-state index >= 15 is 0 Å². The first-order valence-electron chi connectivity index (χ1n) is 4.37. The van der Waals surface area contributed by atoms with Crippen LogP contribution < -0.4 is 11.5 Å². The fraction of sp³-hybridized carbons (Fsp3) is 0.875. The predicted octanol–water partition coefficient (Wildman–Crippen LogP) is 1.65. The lowest BCUT2D eigenvalue weighted by molar-refractivity contribution is 0.293. The highest BCUT2D eigenvalue weighted by atomic mass is 35.5. The molecule has 0 fully saturated rings. The maximum atomic E-state index is 5.34. The van der Waals surface area contributed by atoms with Crippen molar-refractivity contribution < 1.29 is 4.74 Å². The smallest absolute Gasteiger partial charge is 0.160 e. The molecule has 0 saturated carbocycles. The second-order valence-corrected chi connectivity index (χ2v) is 3.06. The molecule has 0 atom stereocenters. The minimum absolute atomic E-state index is 0. The van der Waals surface area contributed by atoms with Gasteiger partial charge in [0.1, 0.15) is 0 Å². The summed E-state index contributed by atoms with van der Waals surface area (Å²) in [6, 6.07) is 0. The van der Waals surface area contributed by atoms with Gasteiger partial charge in [0.05, 0.1) is 6.61 Å². The van der Waals surface area contributed by atoms with Gasteiger partial charge in [0.25, 0.3) is 0 Å². The van der Waals surface area contributed by atoms with Gasteiger partial charge >= 0.3 is 0 Å². The van der Waals surface area contributed by atoms with Crippen molar-refractivity contribution >= 4 is 42.1 Å². The predicted molar refractivity (Wildman–Crippen MR) is 69.6 cm³/mol. The summed E-state index contributed by atoms with van der Waals surface area (Å²) in [6.45, 7) is 2.04. The quantitative estimate of drug-likeness (QED) is 0.541. The number of hydrogen-bond donors (Lipinski definition) is 2. The lowest BCUT2D eigenvalue weighted by Crippen LogP contribution is -2.10. The van der Waals surface area contributed by atoms with Crippen LogP contribution in [0.3, 0.4) is 0 Å². The molecule has 0 aliphatic heterocycles. The number of halogens is 2. The summed E-state index contributed by atoms with van der Waals surface area (Å²) in [6.07, 6.45) is 3.89. The molecule has 0 bridgehead atoms. The molecule has 0 aliphatic rings. The summed E-state index contributed by atoms with van der Waals surface area (Å²) in [5, 5.41) is 0.630. The molecule has 14 heavy (non-hydrogen) atoms. The third kappa shape index (κ3) is 14.9. The molecule has 0 aromatic rings. The van der Waals surface area contributed by atoms with E-state index in [1.54, 1.807) is 0 Å². The van der Waals surface area contributed by atoms with Crippen LogP contribution >= 0.6 is 37.0 Å². The van der Waals surface area contributed by atoms with Crippen LogP contribution in [0.2, 0.25) is 0 Å². The molecule has 6 heteroatoms. The largest absolute Gasteiger partial charge is 0.487 e. The van der Waals surface area contributed by atoms with Gasteiger partial charge < -0.3 is 16.2 Å². The van der Waals surface area contributed by atoms with E-state index in [0.29, 0.717) is 24.6 Å². The van der Waals surface area contributed by atoms with E-state index in [-0.39, 0.29) is 24.8 Å². The molecule has 0 radical (unpaired) electrons. The molecular formula is C8H20Cl2N2OS. The Hall–Kier alpha value is 0.390. The van der Waals surface area contributed by atoms with Crippen molar-refractivity contribution in [1.82, 2.24) is 0 Å². The van der Waals surface area contributed by atoms with Gasteiger partial charge in [0.2, 0.25) is 0 Å². The zero-order valence-electron chi connectivity index (χ0n) is 8.24. The van der Waals surface area contributed by atoms with Crippen molar-refractivity contribution in [3.8, 4) is 0 Å². The van der Waals surface area contributed by atoms with Gasteiger partial charge in [-0.3, -0.25) is 0 Å². The summed E-state index contributed by atoms with van der Waals surface area (Å²) in [5.41, 5.74) is 10.6. The topological polar surface area (TPSA) is 61.3 Å². The fourth-order valence-electron chi connectivity index (χ4n) is 0.799. The van der Waals surface area contributed by atoms with E-state index < -0.39 is 0 Å². The molecule has 0 saturated heterocycles. The maximum absolute atomic E-state index is 5.34. The third-order valence-corrected chi connectivity index (χ3v) is 1.78. The zero-order chi connectivity index (χ0) is 9.23. The Labute approximate surface area is 104 Å². The Morgan fingerprint density at radius 1 is 1.00 bits per heavy atom. The van der Waals surface area contributed by atoms with E-state index in [2.05, 4.69) is 0 Å². The van der Waals surface area contributed by atoms with Crippen LogP contribution in [-0.4, -0.2) is 24.7 Å². The fourth-order valence-corrected chi connectivity index (χ4v) is 1.00. The van der Waals surface area contributed by atoms with Crippen LogP contribution in [-0.2, 0) is 4.74 Å². The molecule has 0 unspecified atom stereocenters. The molecule has 0 heterocycles. The van der Waals surface area contributed by atoms with E-state index in [1.165, 1.54) is 0 Å². The lowest BCUT2D eigenvalue weighted by atomic mass is 10.2. The Morgan fingerprint density at radius 2 is 1.64 bits per heavy atom. The molecule has 0 spiro atoms. The first-order chi connectivity index (χ1) is 5.81. The molecule has 4 N–H and O–H groups in total. The van der Waals surface area contributed by atoms with Crippen LogP contribution in [0.15, 0.2) is 0 Å². The average Bonchev–Trinajstić information content (AvgIpc) is 2.05. The minimum Gasteiger partial charge on any atom is -0.487 e. The third-order valence-electron chi connectivity index (χ3n) is 1.46. The van der Waals surface area contributed by atoms with Crippen molar-refractivity contribution in [3.63, 3.8) is 0 Å². The molecule has 3 nitrogen and oxygen atoms in total. The van der Waals surface area contributed by atoms with Crippen molar-refractivity contribution in [3.05, 3.63) is 0 Å². The normalized spacial score (nSPS) is 8.43. The Kier molecular flexibility index (Phi) is 22.5. The minimum atomic E-state index is 0. The standard InChI is InChI=1S/C8H18N2OS.2ClH/c9-5-2-1-3-7-11-8(12)4-6-10;;/h1-7,9-10H2;2*1H. The summed E-state index contributed by atoms with van der Waals surface area (Å²) >= 11 is 4.90. The number of unbranched alkanes of at least 4 members (excludes halogenated alkanes) is 2. The maximum Gasteiger partial charge on any atom is 0.160 e. The Bertz CT molecular complexity index is 128. The molecule has 0 rings (SSSR count). The highest BCUT2D eigenvalue weighted by Crippen LogP contribution is 1.96. The van der Waals surface area contributed by atoms with Crippen LogP contribution in [0.1, 0.15) is 25.7 Å². The van der Waals surface area contributed by atoms with Gasteiger partial charge in [-0.2, -0.15) is 0 Å². The van der Waals surface area contributed by atoms with E-state index in [9.17, 15) is 0 Å². The van der Waals surface area contributed by atoms with Gasteiger partial charge in [-0.25, -0.2) is 0 Å². The molecule has 0 aliphatic carbocycles. The van der Waals surface area contributed by atoms with Gasteiger partial charge in [0.15, 0.2) is 5.05 Å². The number of ether oxygens (including phenoxy) is 1. The number of nitrogens with two attached hydrogens (primary N) is 2. The number of hydrogen-bond acceptors (Lipinski definition) is 4. The van der Waals surface area contributed by atoms with Gasteiger partial charge in [-0.1, -0.05) is 0 Å². The first-order valence-corrected chi connectivity index (χ1v) is 4.78. The summed E-state index contributed by atoms with van der Waals surface area (Å²) < 4.78 is 5.24. The second kappa shape index (κ2) is 15.8. The van der Waals surface area contributed by atoms with Crippen molar-refractivity contribution in [1.29, 1.82) is 0 Å². The molecule has 88 valence electrons. The van der Waals surface area contributed by atoms with Crippen LogP contribution in [0.4, 0.5) is 0 Å². The number of rotatable bonds is 7. The second-order valence-electron chi connectivity index (χ2n) is 2.61. The van der Waals surface area contributed by atoms with Gasteiger partial charge in [-0.15, -0.1) is 24.8 Å². The summed E-state index contributed by atoms with van der Waals surface area (Å²) in [4.78, 5) is 0. The summed E-state index contributed by atoms with van der Waals surface area (Å²) in [5.74, 6) is 0. The van der Waals surface area contributed by atoms with E-state index in [4.69, 9.17) is 28.4 Å². The molecular weight excluding hydrogens is 243 g/mol. The SMILES string of the molecule is Cl.Cl.NCCCCCOC(=S)CCN. The van der Waals surface area contributed by atoms with Crippen molar-refractivity contribution in [2.45, 2.75) is 25.7 Å². The highest BCUT2D eigenvalue weighted by Gasteiger charge is 1.94. The average molecular weight is 263 g/mol. The van der Waals surface area contributed by atoms with Crippen molar-refractivity contribution in [2.75, 3.05) is 19.7 Å².